The van der Waals surface area contributed by atoms with E-state index in [2.05, 4.69) is 36.1 Å². The average Bonchev–Trinajstić information content (AvgIpc) is 2.94. The molecule has 4 heteroatoms. The molecule has 0 N–H and O–H groups in total. The lowest BCUT2D eigenvalue weighted by atomic mass is 10.1. The van der Waals surface area contributed by atoms with E-state index < -0.39 is 6.10 Å². The number of carbonyl (C=O) groups is 1. The number of carbonyl (C=O) groups excluding carboxylic acids is 1. The lowest BCUT2D eigenvalue weighted by molar-refractivity contribution is -0.143. The van der Waals surface area contributed by atoms with Crippen LogP contribution < -0.4 is 0 Å². The lowest BCUT2D eigenvalue weighted by Gasteiger charge is -2.25. The first-order valence-electron chi connectivity index (χ1n) is 9.84. The van der Waals surface area contributed by atoms with Crippen molar-refractivity contribution in [2.24, 2.45) is 0 Å². The molecule has 1 heterocycles. The number of nitrogens with zero attached hydrogens (tertiary/aromatic N) is 2. The van der Waals surface area contributed by atoms with Crippen molar-refractivity contribution in [1.29, 1.82) is 0 Å². The summed E-state index contributed by atoms with van der Waals surface area (Å²) in [7, 11) is 0. The molecule has 4 nitrogen and oxygen atoms in total. The molecule has 1 unspecified atom stereocenters. The van der Waals surface area contributed by atoms with E-state index in [0.717, 1.165) is 44.7 Å². The van der Waals surface area contributed by atoms with E-state index in [1.165, 1.54) is 11.1 Å². The largest absolute Gasteiger partial charge is 0.364 e. The summed E-state index contributed by atoms with van der Waals surface area (Å²) < 4.78 is 5.82. The number of aryl methyl sites for hydroxylation is 1. The summed E-state index contributed by atoms with van der Waals surface area (Å²) in [6.45, 7) is 8.96. The molecule has 0 spiro atoms. The Hall–Kier alpha value is -2.17. The van der Waals surface area contributed by atoms with E-state index in [-0.39, 0.29) is 5.91 Å². The zero-order valence-corrected chi connectivity index (χ0v) is 16.4. The molecule has 1 atom stereocenters. The van der Waals surface area contributed by atoms with Crippen LogP contribution in [0.4, 0.5) is 0 Å². The van der Waals surface area contributed by atoms with E-state index in [1.807, 2.05) is 42.2 Å². The third kappa shape index (κ3) is 5.65. The lowest BCUT2D eigenvalue weighted by Crippen LogP contribution is -2.41. The van der Waals surface area contributed by atoms with Crippen LogP contribution in [0.3, 0.4) is 0 Å². The van der Waals surface area contributed by atoms with Gasteiger partial charge in [0.15, 0.2) is 0 Å². The van der Waals surface area contributed by atoms with Crippen LogP contribution >= 0.6 is 0 Å². The van der Waals surface area contributed by atoms with Crippen LogP contribution in [0.5, 0.6) is 0 Å². The molecular formula is C23H30N2O2. The maximum Gasteiger partial charge on any atom is 0.251 e. The van der Waals surface area contributed by atoms with Gasteiger partial charge in [0.2, 0.25) is 0 Å². The Labute approximate surface area is 162 Å². The van der Waals surface area contributed by atoms with Gasteiger partial charge in [-0.3, -0.25) is 9.69 Å². The Morgan fingerprint density at radius 2 is 1.74 bits per heavy atom. The monoisotopic (exact) mass is 366 g/mol. The van der Waals surface area contributed by atoms with E-state index in [1.54, 1.807) is 0 Å². The molecule has 144 valence electrons. The minimum atomic E-state index is -0.409. The second kappa shape index (κ2) is 9.67. The molecule has 3 rings (SSSR count). The standard InChI is InChI=1S/C23H30N2O2/c1-19-9-6-7-12-22(19)17-24-13-8-14-25(16-15-24)23(26)20(2)27-18-21-10-4-3-5-11-21/h3-7,9-12,20H,8,13-18H2,1-2H3. The van der Waals surface area contributed by atoms with Crippen LogP contribution in [0.15, 0.2) is 54.6 Å². The van der Waals surface area contributed by atoms with E-state index >= 15 is 0 Å². The zero-order valence-electron chi connectivity index (χ0n) is 16.4. The Kier molecular flexibility index (Phi) is 7.02. The number of amides is 1. The van der Waals surface area contributed by atoms with Crippen LogP contribution in [0.2, 0.25) is 0 Å². The Morgan fingerprint density at radius 1 is 1.00 bits per heavy atom. The second-order valence-corrected chi connectivity index (χ2v) is 7.32. The van der Waals surface area contributed by atoms with E-state index in [0.29, 0.717) is 6.61 Å². The van der Waals surface area contributed by atoms with Gasteiger partial charge in [-0.15, -0.1) is 0 Å². The van der Waals surface area contributed by atoms with Crippen LogP contribution in [0, 0.1) is 6.92 Å². The van der Waals surface area contributed by atoms with Gasteiger partial charge in [-0.25, -0.2) is 0 Å². The maximum absolute atomic E-state index is 12.8. The molecule has 1 aliphatic rings. The number of benzene rings is 2. The van der Waals surface area contributed by atoms with Gasteiger partial charge in [0.05, 0.1) is 6.61 Å². The van der Waals surface area contributed by atoms with Crippen molar-refractivity contribution in [3.05, 3.63) is 71.3 Å². The first-order chi connectivity index (χ1) is 13.1. The fraction of sp³-hybridized carbons (Fsp3) is 0.435. The van der Waals surface area contributed by atoms with Crippen molar-refractivity contribution in [3.8, 4) is 0 Å². The molecule has 0 radical (unpaired) electrons. The van der Waals surface area contributed by atoms with Crippen molar-refractivity contribution in [1.82, 2.24) is 9.80 Å². The number of hydrogen-bond donors (Lipinski definition) is 0. The number of ether oxygens (including phenoxy) is 1. The van der Waals surface area contributed by atoms with Crippen molar-refractivity contribution in [2.75, 3.05) is 26.2 Å². The third-order valence-corrected chi connectivity index (χ3v) is 5.25. The Balaban J connectivity index is 1.49. The molecule has 0 aromatic heterocycles. The fourth-order valence-electron chi connectivity index (χ4n) is 3.50. The first kappa shape index (κ1) is 19.6. The van der Waals surface area contributed by atoms with E-state index in [9.17, 15) is 4.79 Å². The molecule has 1 aliphatic heterocycles. The fourth-order valence-corrected chi connectivity index (χ4v) is 3.50. The SMILES string of the molecule is Cc1ccccc1CN1CCCN(C(=O)C(C)OCc2ccccc2)CC1. The van der Waals surface area contributed by atoms with Gasteiger partial charge >= 0.3 is 0 Å². The summed E-state index contributed by atoms with van der Waals surface area (Å²) in [5.74, 6) is 0.101. The summed E-state index contributed by atoms with van der Waals surface area (Å²) in [5, 5.41) is 0. The summed E-state index contributed by atoms with van der Waals surface area (Å²) in [4.78, 5) is 17.2. The molecule has 1 fully saturated rings. The van der Waals surface area contributed by atoms with Gasteiger partial charge in [0, 0.05) is 32.7 Å². The number of hydrogen-bond acceptors (Lipinski definition) is 3. The summed E-state index contributed by atoms with van der Waals surface area (Å²) in [5.41, 5.74) is 3.80. The highest BCUT2D eigenvalue weighted by molar-refractivity contribution is 5.80. The average molecular weight is 367 g/mol. The van der Waals surface area contributed by atoms with Gasteiger partial charge in [0.25, 0.3) is 5.91 Å². The second-order valence-electron chi connectivity index (χ2n) is 7.32. The van der Waals surface area contributed by atoms with Crippen LogP contribution in [-0.4, -0.2) is 48.0 Å². The van der Waals surface area contributed by atoms with E-state index in [4.69, 9.17) is 4.74 Å². The van der Waals surface area contributed by atoms with Crippen LogP contribution in [0.1, 0.15) is 30.0 Å². The molecule has 0 saturated carbocycles. The predicted octanol–water partition coefficient (Wildman–Crippen LogP) is 3.63. The Morgan fingerprint density at radius 3 is 2.52 bits per heavy atom. The normalized spacial score (nSPS) is 16.7. The highest BCUT2D eigenvalue weighted by atomic mass is 16.5. The molecule has 2 aromatic carbocycles. The van der Waals surface area contributed by atoms with Crippen molar-refractivity contribution >= 4 is 5.91 Å². The van der Waals surface area contributed by atoms with Crippen molar-refractivity contribution in [3.63, 3.8) is 0 Å². The minimum absolute atomic E-state index is 0.101. The molecular weight excluding hydrogens is 336 g/mol. The van der Waals surface area contributed by atoms with Crippen molar-refractivity contribution < 1.29 is 9.53 Å². The predicted molar refractivity (Wildman–Crippen MR) is 108 cm³/mol. The molecule has 1 saturated heterocycles. The quantitative estimate of drug-likeness (QED) is 0.783. The number of rotatable bonds is 6. The summed E-state index contributed by atoms with van der Waals surface area (Å²) >= 11 is 0. The molecule has 0 aliphatic carbocycles. The Bertz CT molecular complexity index is 732. The zero-order chi connectivity index (χ0) is 19.1. The highest BCUT2D eigenvalue weighted by Crippen LogP contribution is 2.14. The smallest absolute Gasteiger partial charge is 0.251 e. The van der Waals surface area contributed by atoms with Crippen LogP contribution in [0.25, 0.3) is 0 Å². The molecule has 1 amide bonds. The van der Waals surface area contributed by atoms with Gasteiger partial charge in [-0.2, -0.15) is 0 Å². The third-order valence-electron chi connectivity index (χ3n) is 5.25. The molecule has 27 heavy (non-hydrogen) atoms. The van der Waals surface area contributed by atoms with Gasteiger partial charge in [0.1, 0.15) is 6.10 Å². The summed E-state index contributed by atoms with van der Waals surface area (Å²) in [6.07, 6.45) is 0.594. The topological polar surface area (TPSA) is 32.8 Å². The van der Waals surface area contributed by atoms with Crippen molar-refractivity contribution in [2.45, 2.75) is 39.5 Å². The molecule has 0 bridgehead atoms. The minimum Gasteiger partial charge on any atom is -0.364 e. The van der Waals surface area contributed by atoms with Gasteiger partial charge < -0.3 is 9.64 Å². The first-order valence-corrected chi connectivity index (χ1v) is 9.84. The maximum atomic E-state index is 12.8. The van der Waals surface area contributed by atoms with Crippen LogP contribution in [-0.2, 0) is 22.7 Å². The highest BCUT2D eigenvalue weighted by Gasteiger charge is 2.24. The summed E-state index contributed by atoms with van der Waals surface area (Å²) in [6, 6.07) is 18.5. The van der Waals surface area contributed by atoms with Gasteiger partial charge in [-0.1, -0.05) is 54.6 Å². The van der Waals surface area contributed by atoms with Gasteiger partial charge in [-0.05, 0) is 37.0 Å². The molecule has 2 aromatic rings.